The molecule has 0 aliphatic heterocycles. The number of fused-ring (bicyclic) bond motifs is 1. The van der Waals surface area contributed by atoms with E-state index in [1.54, 1.807) is 18.2 Å². The quantitative estimate of drug-likeness (QED) is 0.815. The summed E-state index contributed by atoms with van der Waals surface area (Å²) in [6.45, 7) is 0. The largest absolute Gasteiger partial charge is 0.420 e. The second-order valence-electron chi connectivity index (χ2n) is 3.47. The maximum absolute atomic E-state index is 12.4. The van der Waals surface area contributed by atoms with E-state index >= 15 is 0 Å². The maximum atomic E-state index is 12.4. The Labute approximate surface area is 89.1 Å². The highest BCUT2D eigenvalue weighted by Crippen LogP contribution is 2.35. The number of nitrogens with zero attached hydrogens (tertiary/aromatic N) is 2. The van der Waals surface area contributed by atoms with Gasteiger partial charge in [0.15, 0.2) is 6.10 Å². The van der Waals surface area contributed by atoms with Crippen molar-refractivity contribution in [3.63, 3.8) is 0 Å². The van der Waals surface area contributed by atoms with E-state index in [2.05, 4.69) is 5.10 Å². The lowest BCUT2D eigenvalue weighted by molar-refractivity contribution is -0.208. The van der Waals surface area contributed by atoms with E-state index in [0.717, 1.165) is 4.68 Å². The summed E-state index contributed by atoms with van der Waals surface area (Å²) in [6.07, 6.45) is -7.19. The van der Waals surface area contributed by atoms with Crippen molar-refractivity contribution in [1.82, 2.24) is 9.78 Å². The topological polar surface area (TPSA) is 38.0 Å². The fourth-order valence-corrected chi connectivity index (χ4v) is 1.65. The Kier molecular flexibility index (Phi) is 2.38. The number of halogens is 3. The van der Waals surface area contributed by atoms with Crippen molar-refractivity contribution >= 4 is 10.9 Å². The summed E-state index contributed by atoms with van der Waals surface area (Å²) >= 11 is 0. The van der Waals surface area contributed by atoms with Gasteiger partial charge in [0.2, 0.25) is 0 Å². The number of rotatable bonds is 1. The van der Waals surface area contributed by atoms with Crippen LogP contribution in [0.1, 0.15) is 11.8 Å². The third-order valence-corrected chi connectivity index (χ3v) is 2.36. The summed E-state index contributed by atoms with van der Waals surface area (Å²) in [5, 5.41) is 13.5. The van der Waals surface area contributed by atoms with Crippen molar-refractivity contribution in [2.45, 2.75) is 12.3 Å². The van der Waals surface area contributed by atoms with Gasteiger partial charge < -0.3 is 5.11 Å². The lowest BCUT2D eigenvalue weighted by Gasteiger charge is -2.14. The molecule has 2 rings (SSSR count). The third kappa shape index (κ3) is 1.65. The molecule has 1 aromatic heterocycles. The molecule has 0 spiro atoms. The highest BCUT2D eigenvalue weighted by Gasteiger charge is 2.42. The number of aromatic nitrogens is 2. The molecule has 86 valence electrons. The van der Waals surface area contributed by atoms with Gasteiger partial charge in [-0.15, -0.1) is 0 Å². The number of aliphatic hydroxyl groups excluding tert-OH is 1. The van der Waals surface area contributed by atoms with E-state index in [-0.39, 0.29) is 5.69 Å². The Morgan fingerprint density at radius 2 is 1.94 bits per heavy atom. The summed E-state index contributed by atoms with van der Waals surface area (Å²) in [7, 11) is 1.38. The number of benzene rings is 1. The van der Waals surface area contributed by atoms with Crippen LogP contribution in [0.4, 0.5) is 13.2 Å². The lowest BCUT2D eigenvalue weighted by atomic mass is 10.1. The van der Waals surface area contributed by atoms with Crippen molar-refractivity contribution in [2.24, 2.45) is 7.05 Å². The van der Waals surface area contributed by atoms with Crippen LogP contribution in [0.25, 0.3) is 10.9 Å². The van der Waals surface area contributed by atoms with E-state index in [4.69, 9.17) is 0 Å². The molecule has 6 heteroatoms. The first-order valence-corrected chi connectivity index (χ1v) is 4.57. The summed E-state index contributed by atoms with van der Waals surface area (Å²) < 4.78 is 38.3. The number of alkyl halides is 3. The second-order valence-corrected chi connectivity index (χ2v) is 3.47. The monoisotopic (exact) mass is 230 g/mol. The van der Waals surface area contributed by atoms with Gasteiger partial charge in [-0.05, 0) is 6.07 Å². The molecule has 0 amide bonds. The number of aliphatic hydroxyl groups is 1. The molecule has 3 nitrogen and oxygen atoms in total. The molecule has 1 N–H and O–H groups in total. The van der Waals surface area contributed by atoms with E-state index in [9.17, 15) is 18.3 Å². The van der Waals surface area contributed by atoms with Gasteiger partial charge in [-0.1, -0.05) is 18.2 Å². The summed E-state index contributed by atoms with van der Waals surface area (Å²) in [4.78, 5) is 0. The summed E-state index contributed by atoms with van der Waals surface area (Å²) in [5.41, 5.74) is 0.200. The molecule has 0 fully saturated rings. The normalized spacial score (nSPS) is 14.3. The van der Waals surface area contributed by atoms with Crippen LogP contribution < -0.4 is 0 Å². The maximum Gasteiger partial charge on any atom is 0.420 e. The van der Waals surface area contributed by atoms with Crippen LogP contribution in [0.2, 0.25) is 0 Å². The van der Waals surface area contributed by atoms with Crippen LogP contribution in [0.15, 0.2) is 24.3 Å². The van der Waals surface area contributed by atoms with Crippen molar-refractivity contribution in [3.05, 3.63) is 30.0 Å². The number of hydrogen-bond acceptors (Lipinski definition) is 2. The van der Waals surface area contributed by atoms with Crippen LogP contribution in [-0.2, 0) is 7.05 Å². The molecular formula is C10H9F3N2O. The molecule has 0 saturated heterocycles. The van der Waals surface area contributed by atoms with Crippen molar-refractivity contribution in [1.29, 1.82) is 0 Å². The molecule has 16 heavy (non-hydrogen) atoms. The molecule has 1 heterocycles. The Morgan fingerprint density at radius 1 is 1.31 bits per heavy atom. The van der Waals surface area contributed by atoms with Gasteiger partial charge in [0.1, 0.15) is 0 Å². The summed E-state index contributed by atoms with van der Waals surface area (Å²) in [6, 6.07) is 6.39. The van der Waals surface area contributed by atoms with Crippen LogP contribution in [0, 0.1) is 0 Å². The van der Waals surface area contributed by atoms with Crippen molar-refractivity contribution < 1.29 is 18.3 Å². The second kappa shape index (κ2) is 3.48. The molecule has 0 aliphatic carbocycles. The van der Waals surface area contributed by atoms with Crippen LogP contribution in [0.3, 0.4) is 0 Å². The van der Waals surface area contributed by atoms with E-state index in [1.165, 1.54) is 13.1 Å². The molecule has 0 radical (unpaired) electrons. The van der Waals surface area contributed by atoms with E-state index in [1.807, 2.05) is 0 Å². The first-order chi connectivity index (χ1) is 7.41. The molecule has 0 aliphatic rings. The number of aryl methyl sites for hydroxylation is 1. The third-order valence-electron chi connectivity index (χ3n) is 2.36. The Morgan fingerprint density at radius 3 is 2.56 bits per heavy atom. The van der Waals surface area contributed by atoms with Gasteiger partial charge in [0.25, 0.3) is 0 Å². The smallest absolute Gasteiger partial charge is 0.378 e. The first kappa shape index (κ1) is 10.9. The van der Waals surface area contributed by atoms with Crippen LogP contribution in [-0.4, -0.2) is 21.1 Å². The zero-order chi connectivity index (χ0) is 11.9. The number of hydrogen-bond donors (Lipinski definition) is 1. The molecule has 1 unspecified atom stereocenters. The average molecular weight is 230 g/mol. The first-order valence-electron chi connectivity index (χ1n) is 4.57. The minimum atomic E-state index is -4.68. The molecule has 0 saturated carbocycles. The Hall–Kier alpha value is -1.56. The molecular weight excluding hydrogens is 221 g/mol. The zero-order valence-corrected chi connectivity index (χ0v) is 8.36. The highest BCUT2D eigenvalue weighted by atomic mass is 19.4. The van der Waals surface area contributed by atoms with Gasteiger partial charge in [-0.3, -0.25) is 4.68 Å². The standard InChI is InChI=1S/C10H9F3N2O/c1-15-8(9(16)10(11,12)13)6-4-2-3-5-7(6)14-15/h2-5,9,16H,1H3. The molecule has 1 atom stereocenters. The molecule has 0 bridgehead atoms. The predicted molar refractivity (Wildman–Crippen MR) is 51.7 cm³/mol. The lowest BCUT2D eigenvalue weighted by Crippen LogP contribution is -2.22. The minimum absolute atomic E-state index is 0.233. The average Bonchev–Trinajstić information content (AvgIpc) is 2.51. The SMILES string of the molecule is Cn1nc2ccccc2c1C(O)C(F)(F)F. The van der Waals surface area contributed by atoms with Crippen LogP contribution in [0.5, 0.6) is 0 Å². The zero-order valence-electron chi connectivity index (χ0n) is 8.36. The fraction of sp³-hybridized carbons (Fsp3) is 0.300. The van der Waals surface area contributed by atoms with Crippen molar-refractivity contribution in [2.75, 3.05) is 0 Å². The summed E-state index contributed by atoms with van der Waals surface area (Å²) in [5.74, 6) is 0. The molecule has 2 aromatic rings. The van der Waals surface area contributed by atoms with Crippen molar-refractivity contribution in [3.8, 4) is 0 Å². The fourth-order valence-electron chi connectivity index (χ4n) is 1.65. The Bertz CT molecular complexity index is 518. The van der Waals surface area contributed by atoms with Gasteiger partial charge in [-0.2, -0.15) is 18.3 Å². The predicted octanol–water partition coefficient (Wildman–Crippen LogP) is 2.17. The molecule has 1 aromatic carbocycles. The Balaban J connectivity index is 2.64. The van der Waals surface area contributed by atoms with Crippen LogP contribution >= 0.6 is 0 Å². The highest BCUT2D eigenvalue weighted by molar-refractivity contribution is 5.81. The van der Waals surface area contributed by atoms with E-state index in [0.29, 0.717) is 10.9 Å². The van der Waals surface area contributed by atoms with Gasteiger partial charge in [0, 0.05) is 12.4 Å². The van der Waals surface area contributed by atoms with Gasteiger partial charge in [0.05, 0.1) is 11.2 Å². The van der Waals surface area contributed by atoms with E-state index < -0.39 is 12.3 Å². The van der Waals surface area contributed by atoms with Gasteiger partial charge >= 0.3 is 6.18 Å². The minimum Gasteiger partial charge on any atom is -0.378 e. The van der Waals surface area contributed by atoms with Gasteiger partial charge in [-0.25, -0.2) is 0 Å².